The van der Waals surface area contributed by atoms with Crippen LogP contribution in [0.3, 0.4) is 0 Å². The minimum absolute atomic E-state index is 0.0506. The first-order valence-corrected chi connectivity index (χ1v) is 11.5. The van der Waals surface area contributed by atoms with Crippen LogP contribution in [0.5, 0.6) is 0 Å². The predicted molar refractivity (Wildman–Crippen MR) is 126 cm³/mol. The van der Waals surface area contributed by atoms with E-state index in [2.05, 4.69) is 38.4 Å². The highest BCUT2D eigenvalue weighted by molar-refractivity contribution is 7.16. The summed E-state index contributed by atoms with van der Waals surface area (Å²) in [5.41, 5.74) is 5.39. The molecule has 0 radical (unpaired) electrons. The van der Waals surface area contributed by atoms with Gasteiger partial charge in [-0.05, 0) is 36.8 Å². The van der Waals surface area contributed by atoms with Crippen molar-refractivity contribution in [1.82, 2.24) is 29.3 Å². The van der Waals surface area contributed by atoms with E-state index in [-0.39, 0.29) is 17.6 Å². The van der Waals surface area contributed by atoms with Crippen molar-refractivity contribution < 1.29 is 0 Å². The van der Waals surface area contributed by atoms with E-state index in [9.17, 15) is 4.79 Å². The molecule has 1 atom stereocenters. The van der Waals surface area contributed by atoms with Crippen LogP contribution in [0.2, 0.25) is 0 Å². The third-order valence-electron chi connectivity index (χ3n) is 5.97. The van der Waals surface area contributed by atoms with Crippen molar-refractivity contribution in [3.8, 4) is 11.1 Å². The van der Waals surface area contributed by atoms with Gasteiger partial charge in [-0.25, -0.2) is 15.0 Å². The van der Waals surface area contributed by atoms with E-state index in [1.54, 1.807) is 16.5 Å². The first-order chi connectivity index (χ1) is 15.6. The van der Waals surface area contributed by atoms with Crippen LogP contribution in [0.4, 0.5) is 5.82 Å². The van der Waals surface area contributed by atoms with E-state index >= 15 is 0 Å². The molecule has 0 bridgehead atoms. The minimum atomic E-state index is -0.130. The lowest BCUT2D eigenvalue weighted by molar-refractivity contribution is 0.636. The van der Waals surface area contributed by atoms with Crippen LogP contribution >= 0.6 is 11.3 Å². The minimum Gasteiger partial charge on any atom is -0.360 e. The Morgan fingerprint density at radius 3 is 2.88 bits per heavy atom. The number of pyridine rings is 1. The molecule has 0 amide bonds. The highest BCUT2D eigenvalue weighted by Crippen LogP contribution is 2.38. The highest BCUT2D eigenvalue weighted by Gasteiger charge is 2.30. The van der Waals surface area contributed by atoms with Crippen LogP contribution in [0.25, 0.3) is 32.2 Å². The van der Waals surface area contributed by atoms with Gasteiger partial charge in [0.05, 0.1) is 23.1 Å². The second kappa shape index (κ2) is 7.23. The van der Waals surface area contributed by atoms with E-state index in [1.807, 2.05) is 42.2 Å². The summed E-state index contributed by atoms with van der Waals surface area (Å²) in [7, 11) is 1.88. The lowest BCUT2D eigenvalue weighted by Gasteiger charge is -2.21. The maximum absolute atomic E-state index is 13.8. The van der Waals surface area contributed by atoms with Gasteiger partial charge in [0.2, 0.25) is 0 Å². The molecule has 1 fully saturated rings. The van der Waals surface area contributed by atoms with Gasteiger partial charge in [0.25, 0.3) is 5.56 Å². The quantitative estimate of drug-likeness (QED) is 0.435. The Balaban J connectivity index is 1.51. The first-order valence-electron chi connectivity index (χ1n) is 10.6. The van der Waals surface area contributed by atoms with Crippen LogP contribution in [-0.4, -0.2) is 29.3 Å². The topological polar surface area (TPSA) is 90.5 Å². The summed E-state index contributed by atoms with van der Waals surface area (Å²) in [5, 5.41) is 9.44. The largest absolute Gasteiger partial charge is 0.360 e. The van der Waals surface area contributed by atoms with Gasteiger partial charge in [0.15, 0.2) is 5.82 Å². The number of nitrogens with zero attached hydrogens (tertiary/aromatic N) is 6. The second-order valence-electron chi connectivity index (χ2n) is 8.24. The zero-order valence-corrected chi connectivity index (χ0v) is 18.5. The number of fused-ring (bicyclic) bond motifs is 2. The predicted octanol–water partition coefficient (Wildman–Crippen LogP) is 4.31. The van der Waals surface area contributed by atoms with Gasteiger partial charge in [-0.2, -0.15) is 5.10 Å². The SMILES string of the molecule is C[C@H](Nc1ncnc2scnc12)c1cc2cccc(-c3cnn(C)c3)c2c(=O)n1C1CC1. The second-order valence-corrected chi connectivity index (χ2v) is 9.08. The summed E-state index contributed by atoms with van der Waals surface area (Å²) < 4.78 is 3.73. The summed E-state index contributed by atoms with van der Waals surface area (Å²) in [4.78, 5) is 27.8. The summed E-state index contributed by atoms with van der Waals surface area (Å²) in [6, 6.07) is 8.24. The Morgan fingerprint density at radius 2 is 2.09 bits per heavy atom. The van der Waals surface area contributed by atoms with Gasteiger partial charge >= 0.3 is 0 Å². The fraction of sp³-hybridized carbons (Fsp3) is 0.261. The van der Waals surface area contributed by atoms with E-state index in [0.29, 0.717) is 5.82 Å². The standard InChI is InChI=1S/C23H21N7OS/c1-13(28-21-20-22(25-11-24-21)32-12-26-20)18-8-14-4-3-5-17(15-9-27-29(2)10-15)19(14)23(31)30(18)16-6-7-16/h3-5,8-13,16H,6-7H2,1-2H3,(H,24,25,28)/t13-/m0/s1. The number of aromatic nitrogens is 6. The Hall–Kier alpha value is -3.59. The molecule has 0 unspecified atom stereocenters. The zero-order chi connectivity index (χ0) is 21.8. The van der Waals surface area contributed by atoms with Crippen LogP contribution < -0.4 is 10.9 Å². The van der Waals surface area contributed by atoms with Crippen molar-refractivity contribution in [2.75, 3.05) is 5.32 Å². The normalized spacial score (nSPS) is 14.8. The number of hydrogen-bond donors (Lipinski definition) is 1. The average Bonchev–Trinajstić information content (AvgIpc) is 3.33. The molecule has 0 saturated heterocycles. The van der Waals surface area contributed by atoms with Crippen LogP contribution in [0.1, 0.15) is 37.5 Å². The number of nitrogens with one attached hydrogen (secondary N) is 1. The molecule has 32 heavy (non-hydrogen) atoms. The summed E-state index contributed by atoms with van der Waals surface area (Å²) in [6.07, 6.45) is 7.34. The van der Waals surface area contributed by atoms with Gasteiger partial charge in [-0.1, -0.05) is 18.2 Å². The molecule has 1 aromatic carbocycles. The number of hydrogen-bond acceptors (Lipinski definition) is 7. The number of benzene rings is 1. The third-order valence-corrected chi connectivity index (χ3v) is 6.70. The molecule has 1 saturated carbocycles. The average molecular weight is 444 g/mol. The smallest absolute Gasteiger partial charge is 0.259 e. The maximum Gasteiger partial charge on any atom is 0.259 e. The van der Waals surface area contributed by atoms with Crippen molar-refractivity contribution in [3.63, 3.8) is 0 Å². The molecule has 0 aliphatic heterocycles. The van der Waals surface area contributed by atoms with E-state index in [4.69, 9.17) is 0 Å². The molecule has 0 spiro atoms. The molecule has 1 N–H and O–H groups in total. The monoisotopic (exact) mass is 443 g/mol. The zero-order valence-electron chi connectivity index (χ0n) is 17.7. The Labute approximate surface area is 187 Å². The summed E-state index contributed by atoms with van der Waals surface area (Å²) in [6.45, 7) is 2.06. The molecule has 160 valence electrons. The molecule has 6 rings (SSSR count). The van der Waals surface area contributed by atoms with Crippen molar-refractivity contribution >= 4 is 38.3 Å². The summed E-state index contributed by atoms with van der Waals surface area (Å²) in [5.74, 6) is 0.683. The van der Waals surface area contributed by atoms with Crippen molar-refractivity contribution in [2.45, 2.75) is 31.8 Å². The van der Waals surface area contributed by atoms with Gasteiger partial charge in [0.1, 0.15) is 16.7 Å². The lowest BCUT2D eigenvalue weighted by atomic mass is 10.00. The van der Waals surface area contributed by atoms with E-state index in [1.165, 1.54) is 11.3 Å². The number of anilines is 1. The highest BCUT2D eigenvalue weighted by atomic mass is 32.1. The molecule has 1 aliphatic rings. The van der Waals surface area contributed by atoms with Crippen molar-refractivity contribution in [1.29, 1.82) is 0 Å². The molecular formula is C23H21N7OS. The van der Waals surface area contributed by atoms with Gasteiger partial charge in [-0.3, -0.25) is 9.48 Å². The number of aryl methyl sites for hydroxylation is 1. The van der Waals surface area contributed by atoms with E-state index in [0.717, 1.165) is 50.8 Å². The molecule has 5 aromatic rings. The maximum atomic E-state index is 13.8. The van der Waals surface area contributed by atoms with Gasteiger partial charge < -0.3 is 9.88 Å². The van der Waals surface area contributed by atoms with Crippen molar-refractivity contribution in [3.05, 3.63) is 64.5 Å². The lowest BCUT2D eigenvalue weighted by Crippen LogP contribution is -2.26. The Kier molecular flexibility index (Phi) is 4.32. The van der Waals surface area contributed by atoms with E-state index < -0.39 is 0 Å². The molecule has 1 aliphatic carbocycles. The molecule has 8 nitrogen and oxygen atoms in total. The molecule has 4 aromatic heterocycles. The molecule has 9 heteroatoms. The number of rotatable bonds is 5. The fourth-order valence-electron chi connectivity index (χ4n) is 4.32. The third kappa shape index (κ3) is 3.08. The first kappa shape index (κ1) is 19.1. The Bertz CT molecular complexity index is 1530. The van der Waals surface area contributed by atoms with Crippen LogP contribution in [-0.2, 0) is 7.05 Å². The van der Waals surface area contributed by atoms with Crippen molar-refractivity contribution in [2.24, 2.45) is 7.05 Å². The molecule has 4 heterocycles. The van der Waals surface area contributed by atoms with Crippen LogP contribution in [0, 0.1) is 0 Å². The summed E-state index contributed by atoms with van der Waals surface area (Å²) >= 11 is 1.48. The molecular weight excluding hydrogens is 422 g/mol. The number of thiazole rings is 1. The van der Waals surface area contributed by atoms with Gasteiger partial charge in [0, 0.05) is 30.5 Å². The Morgan fingerprint density at radius 1 is 1.22 bits per heavy atom. The fourth-order valence-corrected chi connectivity index (χ4v) is 4.95. The van der Waals surface area contributed by atoms with Crippen LogP contribution in [0.15, 0.2) is 53.3 Å². The van der Waals surface area contributed by atoms with Gasteiger partial charge in [-0.15, -0.1) is 11.3 Å².